The molecule has 2 fully saturated rings. The number of nitrogens with zero attached hydrogens (tertiary/aromatic N) is 3. The van der Waals surface area contributed by atoms with Crippen LogP contribution in [-0.4, -0.2) is 68.1 Å². The molecular weight excluding hydrogens is 362 g/mol. The summed E-state index contributed by atoms with van der Waals surface area (Å²) in [7, 11) is 1.64. The molecule has 2 saturated heterocycles. The summed E-state index contributed by atoms with van der Waals surface area (Å²) < 4.78 is 5.20. The zero-order valence-corrected chi connectivity index (χ0v) is 17.5. The highest BCUT2D eigenvalue weighted by Crippen LogP contribution is 2.24. The van der Waals surface area contributed by atoms with E-state index < -0.39 is 0 Å². The molecule has 0 saturated carbocycles. The Kier molecular flexibility index (Phi) is 6.05. The Morgan fingerprint density at radius 1 is 0.966 bits per heavy atom. The van der Waals surface area contributed by atoms with E-state index in [1.54, 1.807) is 7.11 Å². The summed E-state index contributed by atoms with van der Waals surface area (Å²) in [6.45, 7) is 8.08. The van der Waals surface area contributed by atoms with Gasteiger partial charge in [-0.2, -0.15) is 0 Å². The normalized spacial score (nSPS) is 20.6. The van der Waals surface area contributed by atoms with Crippen LogP contribution in [0.2, 0.25) is 0 Å². The number of para-hydroxylation sites is 1. The Morgan fingerprint density at radius 2 is 1.69 bits per heavy atom. The summed E-state index contributed by atoms with van der Waals surface area (Å²) in [5, 5.41) is 0. The van der Waals surface area contributed by atoms with Crippen LogP contribution in [-0.2, 0) is 0 Å². The smallest absolute Gasteiger partial charge is 0.253 e. The molecule has 0 unspecified atom stereocenters. The SMILES string of the molecule is COc1ccc(C(=O)N2CCC[C@H](N3CCN(c4ccccc4C)CC3)C2)cc1. The predicted molar refractivity (Wildman–Crippen MR) is 117 cm³/mol. The second kappa shape index (κ2) is 8.87. The topological polar surface area (TPSA) is 36.0 Å². The number of anilines is 1. The van der Waals surface area contributed by atoms with E-state index in [1.807, 2.05) is 29.2 Å². The molecule has 2 heterocycles. The van der Waals surface area contributed by atoms with Gasteiger partial charge in [-0.1, -0.05) is 18.2 Å². The molecule has 5 heteroatoms. The van der Waals surface area contributed by atoms with Gasteiger partial charge in [0, 0.05) is 56.6 Å². The summed E-state index contributed by atoms with van der Waals surface area (Å²) in [5.41, 5.74) is 3.44. The number of rotatable bonds is 4. The molecule has 4 rings (SSSR count). The maximum atomic E-state index is 13.0. The number of aryl methyl sites for hydroxylation is 1. The van der Waals surface area contributed by atoms with Crippen molar-refractivity contribution >= 4 is 11.6 Å². The Labute approximate surface area is 173 Å². The van der Waals surface area contributed by atoms with Crippen molar-refractivity contribution in [3.8, 4) is 5.75 Å². The summed E-state index contributed by atoms with van der Waals surface area (Å²) >= 11 is 0. The van der Waals surface area contributed by atoms with Gasteiger partial charge in [0.25, 0.3) is 5.91 Å². The summed E-state index contributed by atoms with van der Waals surface area (Å²) in [6, 6.07) is 16.6. The van der Waals surface area contributed by atoms with Gasteiger partial charge in [-0.05, 0) is 55.7 Å². The van der Waals surface area contributed by atoms with E-state index in [4.69, 9.17) is 4.74 Å². The average Bonchev–Trinajstić information content (AvgIpc) is 2.79. The molecule has 2 aromatic rings. The highest BCUT2D eigenvalue weighted by atomic mass is 16.5. The molecule has 154 valence electrons. The first-order valence-electron chi connectivity index (χ1n) is 10.6. The molecule has 5 nitrogen and oxygen atoms in total. The Bertz CT molecular complexity index is 828. The van der Waals surface area contributed by atoms with E-state index in [1.165, 1.54) is 17.7 Å². The molecule has 0 N–H and O–H groups in total. The van der Waals surface area contributed by atoms with Gasteiger partial charge in [-0.15, -0.1) is 0 Å². The highest BCUT2D eigenvalue weighted by Gasteiger charge is 2.30. The van der Waals surface area contributed by atoms with Crippen molar-refractivity contribution in [3.05, 3.63) is 59.7 Å². The van der Waals surface area contributed by atoms with Gasteiger partial charge in [0.1, 0.15) is 5.75 Å². The Balaban J connectivity index is 1.35. The largest absolute Gasteiger partial charge is 0.497 e. The monoisotopic (exact) mass is 393 g/mol. The molecule has 29 heavy (non-hydrogen) atoms. The number of carbonyl (C=O) groups excluding carboxylic acids is 1. The van der Waals surface area contributed by atoms with Crippen LogP contribution >= 0.6 is 0 Å². The minimum atomic E-state index is 0.135. The van der Waals surface area contributed by atoms with Crippen LogP contribution in [0.1, 0.15) is 28.8 Å². The quantitative estimate of drug-likeness (QED) is 0.797. The van der Waals surface area contributed by atoms with Crippen LogP contribution < -0.4 is 9.64 Å². The van der Waals surface area contributed by atoms with E-state index in [2.05, 4.69) is 41.0 Å². The molecule has 0 bridgehead atoms. The first kappa shape index (κ1) is 19.8. The number of methoxy groups -OCH3 is 1. The lowest BCUT2D eigenvalue weighted by molar-refractivity contribution is 0.0563. The van der Waals surface area contributed by atoms with Crippen molar-refractivity contribution in [2.45, 2.75) is 25.8 Å². The zero-order valence-electron chi connectivity index (χ0n) is 17.5. The van der Waals surface area contributed by atoms with Crippen LogP contribution in [0.3, 0.4) is 0 Å². The third kappa shape index (κ3) is 4.40. The molecule has 0 spiro atoms. The van der Waals surface area contributed by atoms with Crippen molar-refractivity contribution in [3.63, 3.8) is 0 Å². The molecular formula is C24H31N3O2. The van der Waals surface area contributed by atoms with Crippen LogP contribution in [0.4, 0.5) is 5.69 Å². The number of hydrogen-bond donors (Lipinski definition) is 0. The molecule has 1 amide bonds. The number of likely N-dealkylation sites (tertiary alicyclic amines) is 1. The third-order valence-electron chi connectivity index (χ3n) is 6.31. The fraction of sp³-hybridized carbons (Fsp3) is 0.458. The lowest BCUT2D eigenvalue weighted by Gasteiger charge is -2.44. The van der Waals surface area contributed by atoms with Gasteiger partial charge in [-0.3, -0.25) is 9.69 Å². The van der Waals surface area contributed by atoms with E-state index >= 15 is 0 Å². The fourth-order valence-electron chi connectivity index (χ4n) is 4.60. The van der Waals surface area contributed by atoms with Crippen molar-refractivity contribution in [1.82, 2.24) is 9.80 Å². The van der Waals surface area contributed by atoms with Gasteiger partial charge in [-0.25, -0.2) is 0 Å². The highest BCUT2D eigenvalue weighted by molar-refractivity contribution is 5.94. The van der Waals surface area contributed by atoms with Gasteiger partial charge in [0.2, 0.25) is 0 Å². The Hall–Kier alpha value is -2.53. The zero-order chi connectivity index (χ0) is 20.2. The standard InChI is InChI=1S/C24H31N3O2/c1-19-6-3-4-8-23(19)26-16-14-25(15-17-26)21-7-5-13-27(18-21)24(28)20-9-11-22(29-2)12-10-20/h3-4,6,8-12,21H,5,7,13-18H2,1-2H3/t21-/m0/s1. The minimum Gasteiger partial charge on any atom is -0.497 e. The van der Waals surface area contributed by atoms with Crippen molar-refractivity contribution in [2.75, 3.05) is 51.3 Å². The van der Waals surface area contributed by atoms with Gasteiger partial charge in [0.15, 0.2) is 0 Å². The van der Waals surface area contributed by atoms with Gasteiger partial charge >= 0.3 is 0 Å². The lowest BCUT2D eigenvalue weighted by atomic mass is 10.0. The van der Waals surface area contributed by atoms with Crippen molar-refractivity contribution in [2.24, 2.45) is 0 Å². The number of carbonyl (C=O) groups is 1. The van der Waals surface area contributed by atoms with Crippen molar-refractivity contribution < 1.29 is 9.53 Å². The van der Waals surface area contributed by atoms with E-state index in [-0.39, 0.29) is 5.91 Å². The molecule has 0 aromatic heterocycles. The second-order valence-electron chi connectivity index (χ2n) is 8.09. The number of piperazine rings is 1. The van der Waals surface area contributed by atoms with Gasteiger partial charge in [0.05, 0.1) is 7.11 Å². The summed E-state index contributed by atoms with van der Waals surface area (Å²) in [4.78, 5) is 20.1. The fourth-order valence-corrected chi connectivity index (χ4v) is 4.60. The number of benzene rings is 2. The van der Waals surface area contributed by atoms with Crippen LogP contribution in [0.5, 0.6) is 5.75 Å². The third-order valence-corrected chi connectivity index (χ3v) is 6.31. The summed E-state index contributed by atoms with van der Waals surface area (Å²) in [6.07, 6.45) is 2.25. The first-order valence-corrected chi connectivity index (χ1v) is 10.6. The summed E-state index contributed by atoms with van der Waals surface area (Å²) in [5.74, 6) is 0.917. The van der Waals surface area contributed by atoms with Crippen LogP contribution in [0.25, 0.3) is 0 Å². The maximum Gasteiger partial charge on any atom is 0.253 e. The van der Waals surface area contributed by atoms with E-state index in [9.17, 15) is 4.79 Å². The predicted octanol–water partition coefficient (Wildman–Crippen LogP) is 3.43. The maximum absolute atomic E-state index is 13.0. The van der Waals surface area contributed by atoms with Crippen LogP contribution in [0.15, 0.2) is 48.5 Å². The molecule has 2 aliphatic heterocycles. The molecule has 0 aliphatic carbocycles. The lowest BCUT2D eigenvalue weighted by Crippen LogP contribution is -2.56. The number of piperidine rings is 1. The number of ether oxygens (including phenoxy) is 1. The minimum absolute atomic E-state index is 0.135. The molecule has 0 radical (unpaired) electrons. The Morgan fingerprint density at radius 3 is 2.38 bits per heavy atom. The molecule has 2 aliphatic rings. The van der Waals surface area contributed by atoms with Crippen LogP contribution in [0, 0.1) is 6.92 Å². The number of hydrogen-bond acceptors (Lipinski definition) is 4. The molecule has 2 aromatic carbocycles. The van der Waals surface area contributed by atoms with Gasteiger partial charge < -0.3 is 14.5 Å². The second-order valence-corrected chi connectivity index (χ2v) is 8.09. The number of amides is 1. The average molecular weight is 394 g/mol. The molecule has 1 atom stereocenters. The first-order chi connectivity index (χ1) is 14.2. The van der Waals surface area contributed by atoms with Crippen molar-refractivity contribution in [1.29, 1.82) is 0 Å². The van der Waals surface area contributed by atoms with E-state index in [0.29, 0.717) is 6.04 Å². The van der Waals surface area contributed by atoms with E-state index in [0.717, 1.165) is 57.0 Å².